The van der Waals surface area contributed by atoms with Gasteiger partial charge in [0, 0.05) is 0 Å². The SMILES string of the molecule is Nc1ccccc1N(CC(=O)O)C(=O)c1ccnnc1. The Morgan fingerprint density at radius 3 is 2.55 bits per heavy atom. The van der Waals surface area contributed by atoms with Crippen LogP contribution in [0.2, 0.25) is 0 Å². The van der Waals surface area contributed by atoms with Crippen molar-refractivity contribution >= 4 is 23.3 Å². The lowest BCUT2D eigenvalue weighted by Crippen LogP contribution is -2.36. The Morgan fingerprint density at radius 1 is 1.20 bits per heavy atom. The molecule has 0 radical (unpaired) electrons. The van der Waals surface area contributed by atoms with Crippen molar-refractivity contribution in [2.45, 2.75) is 0 Å². The summed E-state index contributed by atoms with van der Waals surface area (Å²) in [7, 11) is 0. The van der Waals surface area contributed by atoms with E-state index in [1.165, 1.54) is 18.5 Å². The molecule has 0 saturated heterocycles. The van der Waals surface area contributed by atoms with Crippen LogP contribution in [0, 0.1) is 0 Å². The van der Waals surface area contributed by atoms with Crippen LogP contribution < -0.4 is 10.6 Å². The molecule has 0 unspecified atom stereocenters. The van der Waals surface area contributed by atoms with E-state index in [0.717, 1.165) is 4.90 Å². The predicted octanol–water partition coefficient (Wildman–Crippen LogP) is 0.790. The fourth-order valence-electron chi connectivity index (χ4n) is 1.71. The zero-order valence-corrected chi connectivity index (χ0v) is 10.4. The summed E-state index contributed by atoms with van der Waals surface area (Å²) >= 11 is 0. The molecule has 1 amide bonds. The van der Waals surface area contributed by atoms with E-state index < -0.39 is 18.4 Å². The molecular formula is C13H12N4O3. The van der Waals surface area contributed by atoms with Crippen LogP contribution in [0.25, 0.3) is 0 Å². The third kappa shape index (κ3) is 2.89. The van der Waals surface area contributed by atoms with E-state index in [9.17, 15) is 9.59 Å². The number of carboxylic acid groups (broad SMARTS) is 1. The van der Waals surface area contributed by atoms with E-state index in [1.54, 1.807) is 24.3 Å². The highest BCUT2D eigenvalue weighted by Gasteiger charge is 2.22. The summed E-state index contributed by atoms with van der Waals surface area (Å²) in [6, 6.07) is 8.03. The number of nitrogens with two attached hydrogens (primary N) is 1. The van der Waals surface area contributed by atoms with Gasteiger partial charge in [0.05, 0.1) is 29.3 Å². The highest BCUT2D eigenvalue weighted by atomic mass is 16.4. The molecule has 0 saturated carbocycles. The number of benzene rings is 1. The molecule has 102 valence electrons. The van der Waals surface area contributed by atoms with Crippen LogP contribution in [0.1, 0.15) is 10.4 Å². The van der Waals surface area contributed by atoms with Crippen molar-refractivity contribution in [2.75, 3.05) is 17.2 Å². The first kappa shape index (κ1) is 13.5. The third-order valence-corrected chi connectivity index (χ3v) is 2.60. The number of aromatic nitrogens is 2. The normalized spacial score (nSPS) is 10.0. The van der Waals surface area contributed by atoms with Gasteiger partial charge in [-0.25, -0.2) is 0 Å². The summed E-state index contributed by atoms with van der Waals surface area (Å²) in [4.78, 5) is 24.4. The van der Waals surface area contributed by atoms with E-state index in [0.29, 0.717) is 11.4 Å². The van der Waals surface area contributed by atoms with E-state index in [4.69, 9.17) is 10.8 Å². The number of anilines is 2. The molecule has 0 spiro atoms. The summed E-state index contributed by atoms with van der Waals surface area (Å²) in [6.45, 7) is -0.491. The van der Waals surface area contributed by atoms with Gasteiger partial charge < -0.3 is 10.8 Å². The lowest BCUT2D eigenvalue weighted by Gasteiger charge is -2.22. The second-order valence-electron chi connectivity index (χ2n) is 3.97. The number of carbonyl (C=O) groups is 2. The van der Waals surface area contributed by atoms with Gasteiger partial charge in [0.1, 0.15) is 6.54 Å². The monoisotopic (exact) mass is 272 g/mol. The molecule has 0 atom stereocenters. The summed E-state index contributed by atoms with van der Waals surface area (Å²) < 4.78 is 0. The molecule has 1 heterocycles. The predicted molar refractivity (Wildman–Crippen MR) is 72.2 cm³/mol. The summed E-state index contributed by atoms with van der Waals surface area (Å²) in [5.74, 6) is -1.64. The standard InChI is InChI=1S/C13H12N4O3/c14-10-3-1-2-4-11(10)17(8-12(18)19)13(20)9-5-6-15-16-7-9/h1-7H,8,14H2,(H,18,19). The number of carboxylic acids is 1. The molecule has 7 heteroatoms. The number of hydrogen-bond donors (Lipinski definition) is 2. The molecule has 0 aliphatic heterocycles. The Labute approximate surface area is 114 Å². The highest BCUT2D eigenvalue weighted by Crippen LogP contribution is 2.23. The number of para-hydroxylation sites is 2. The van der Waals surface area contributed by atoms with Crippen molar-refractivity contribution in [1.29, 1.82) is 0 Å². The van der Waals surface area contributed by atoms with E-state index in [1.807, 2.05) is 0 Å². The number of hydrogen-bond acceptors (Lipinski definition) is 5. The molecule has 7 nitrogen and oxygen atoms in total. The average Bonchev–Trinajstić information content (AvgIpc) is 2.46. The van der Waals surface area contributed by atoms with Crippen molar-refractivity contribution in [3.05, 3.63) is 48.3 Å². The molecule has 0 aliphatic rings. The molecule has 3 N–H and O–H groups in total. The maximum atomic E-state index is 12.4. The van der Waals surface area contributed by atoms with Gasteiger partial charge in [-0.1, -0.05) is 12.1 Å². The van der Waals surface area contributed by atoms with Gasteiger partial charge in [0.2, 0.25) is 0 Å². The Balaban J connectivity index is 2.41. The number of amides is 1. The minimum absolute atomic E-state index is 0.240. The van der Waals surface area contributed by atoms with Gasteiger partial charge in [-0.15, -0.1) is 0 Å². The van der Waals surface area contributed by atoms with Crippen LogP contribution >= 0.6 is 0 Å². The number of nitrogens with zero attached hydrogens (tertiary/aromatic N) is 3. The maximum absolute atomic E-state index is 12.4. The quantitative estimate of drug-likeness (QED) is 0.796. The minimum atomic E-state index is -1.14. The molecule has 2 rings (SSSR count). The lowest BCUT2D eigenvalue weighted by molar-refractivity contribution is -0.135. The largest absolute Gasteiger partial charge is 0.480 e. The molecule has 1 aromatic heterocycles. The number of nitrogen functional groups attached to an aromatic ring is 1. The first-order valence-corrected chi connectivity index (χ1v) is 5.74. The van der Waals surface area contributed by atoms with Crippen LogP contribution in [-0.4, -0.2) is 33.7 Å². The van der Waals surface area contributed by atoms with Crippen LogP contribution in [0.15, 0.2) is 42.7 Å². The Morgan fingerprint density at radius 2 is 1.95 bits per heavy atom. The van der Waals surface area contributed by atoms with Gasteiger partial charge in [0.25, 0.3) is 5.91 Å². The molecule has 0 fully saturated rings. The topological polar surface area (TPSA) is 109 Å². The van der Waals surface area contributed by atoms with Gasteiger partial charge in [-0.05, 0) is 18.2 Å². The molecule has 20 heavy (non-hydrogen) atoms. The minimum Gasteiger partial charge on any atom is -0.480 e. The summed E-state index contributed by atoms with van der Waals surface area (Å²) in [5, 5.41) is 16.2. The van der Waals surface area contributed by atoms with Crippen molar-refractivity contribution in [3.63, 3.8) is 0 Å². The highest BCUT2D eigenvalue weighted by molar-refractivity contribution is 6.09. The summed E-state index contributed by atoms with van der Waals surface area (Å²) in [6.07, 6.45) is 2.64. The Bertz CT molecular complexity index is 631. The maximum Gasteiger partial charge on any atom is 0.323 e. The van der Waals surface area contributed by atoms with Crippen LogP contribution in [0.3, 0.4) is 0 Å². The van der Waals surface area contributed by atoms with Crippen LogP contribution in [-0.2, 0) is 4.79 Å². The number of carbonyl (C=O) groups excluding carboxylic acids is 1. The van der Waals surface area contributed by atoms with Gasteiger partial charge in [-0.3, -0.25) is 14.5 Å². The summed E-state index contributed by atoms with van der Waals surface area (Å²) in [5.41, 5.74) is 6.71. The molecule has 0 aliphatic carbocycles. The molecule has 1 aromatic carbocycles. The van der Waals surface area contributed by atoms with Crippen molar-refractivity contribution < 1.29 is 14.7 Å². The molecule has 0 bridgehead atoms. The van der Waals surface area contributed by atoms with Crippen molar-refractivity contribution in [3.8, 4) is 0 Å². The Kier molecular flexibility index (Phi) is 3.90. The zero-order valence-electron chi connectivity index (χ0n) is 10.4. The first-order valence-electron chi connectivity index (χ1n) is 5.74. The van der Waals surface area contributed by atoms with Crippen LogP contribution in [0.4, 0.5) is 11.4 Å². The van der Waals surface area contributed by atoms with E-state index >= 15 is 0 Å². The van der Waals surface area contributed by atoms with Crippen LogP contribution in [0.5, 0.6) is 0 Å². The third-order valence-electron chi connectivity index (χ3n) is 2.60. The number of rotatable bonds is 4. The van der Waals surface area contributed by atoms with E-state index in [2.05, 4.69) is 10.2 Å². The van der Waals surface area contributed by atoms with E-state index in [-0.39, 0.29) is 5.56 Å². The average molecular weight is 272 g/mol. The lowest BCUT2D eigenvalue weighted by atomic mass is 10.2. The van der Waals surface area contributed by atoms with Gasteiger partial charge in [-0.2, -0.15) is 10.2 Å². The number of aliphatic carboxylic acids is 1. The fourth-order valence-corrected chi connectivity index (χ4v) is 1.71. The zero-order chi connectivity index (χ0) is 14.5. The Hall–Kier alpha value is -2.96. The second kappa shape index (κ2) is 5.79. The van der Waals surface area contributed by atoms with Crippen molar-refractivity contribution in [2.24, 2.45) is 0 Å². The second-order valence-corrected chi connectivity index (χ2v) is 3.97. The van der Waals surface area contributed by atoms with Gasteiger partial charge in [0.15, 0.2) is 0 Å². The van der Waals surface area contributed by atoms with Crippen molar-refractivity contribution in [1.82, 2.24) is 10.2 Å². The first-order chi connectivity index (χ1) is 9.59. The van der Waals surface area contributed by atoms with Gasteiger partial charge >= 0.3 is 5.97 Å². The molecular weight excluding hydrogens is 260 g/mol. The molecule has 2 aromatic rings. The smallest absolute Gasteiger partial charge is 0.323 e. The fraction of sp³-hybridized carbons (Fsp3) is 0.0769.